The van der Waals surface area contributed by atoms with Gasteiger partial charge in [0.25, 0.3) is 5.91 Å². The molecule has 3 unspecified atom stereocenters. The molecule has 1 heterocycles. The van der Waals surface area contributed by atoms with Crippen LogP contribution in [0.25, 0.3) is 0 Å². The van der Waals surface area contributed by atoms with Gasteiger partial charge in [-0.05, 0) is 45.2 Å². The Balaban J connectivity index is 2.01. The largest absolute Gasteiger partial charge is 0.481 e. The third-order valence-electron chi connectivity index (χ3n) is 3.84. The van der Waals surface area contributed by atoms with Crippen LogP contribution in [0.1, 0.15) is 33.1 Å². The molecule has 2 N–H and O–H groups in total. The Bertz CT molecular complexity index is 433. The molecule has 0 saturated carbocycles. The van der Waals surface area contributed by atoms with Crippen LogP contribution in [0.4, 0.5) is 0 Å². The van der Waals surface area contributed by atoms with Crippen LogP contribution < -0.4 is 10.5 Å². The van der Waals surface area contributed by atoms with Gasteiger partial charge in [-0.3, -0.25) is 4.79 Å². The summed E-state index contributed by atoms with van der Waals surface area (Å²) in [4.78, 5) is 14.5. The van der Waals surface area contributed by atoms with Gasteiger partial charge in [-0.25, -0.2) is 0 Å². The highest BCUT2D eigenvalue weighted by molar-refractivity contribution is 5.81. The smallest absolute Gasteiger partial charge is 0.263 e. The monoisotopic (exact) mass is 276 g/mol. The summed E-state index contributed by atoms with van der Waals surface area (Å²) >= 11 is 0. The van der Waals surface area contributed by atoms with Crippen molar-refractivity contribution in [2.75, 3.05) is 6.54 Å². The summed E-state index contributed by atoms with van der Waals surface area (Å²) in [6.45, 7) is 4.56. The van der Waals surface area contributed by atoms with E-state index in [9.17, 15) is 4.79 Å². The number of carbonyl (C=O) groups excluding carboxylic acids is 1. The van der Waals surface area contributed by atoms with Crippen molar-refractivity contribution in [1.29, 1.82) is 0 Å². The van der Waals surface area contributed by atoms with Gasteiger partial charge in [-0.2, -0.15) is 0 Å². The number of benzene rings is 1. The van der Waals surface area contributed by atoms with Crippen molar-refractivity contribution in [3.05, 3.63) is 30.3 Å². The number of nitrogens with zero attached hydrogens (tertiary/aromatic N) is 1. The zero-order valence-electron chi connectivity index (χ0n) is 12.3. The van der Waals surface area contributed by atoms with Gasteiger partial charge in [0.15, 0.2) is 6.10 Å². The number of piperidine rings is 1. The van der Waals surface area contributed by atoms with Crippen LogP contribution in [0.5, 0.6) is 5.75 Å². The molecule has 1 aliphatic rings. The first-order valence-corrected chi connectivity index (χ1v) is 7.37. The van der Waals surface area contributed by atoms with Crippen molar-refractivity contribution in [3.63, 3.8) is 0 Å². The number of amides is 1. The number of para-hydroxylation sites is 1. The van der Waals surface area contributed by atoms with Crippen molar-refractivity contribution >= 4 is 5.91 Å². The predicted octanol–water partition coefficient (Wildman–Crippen LogP) is 2.18. The zero-order valence-corrected chi connectivity index (χ0v) is 12.3. The summed E-state index contributed by atoms with van der Waals surface area (Å²) in [6.07, 6.45) is 2.70. The third-order valence-corrected chi connectivity index (χ3v) is 3.84. The molecule has 0 aliphatic carbocycles. The van der Waals surface area contributed by atoms with Crippen molar-refractivity contribution in [1.82, 2.24) is 4.90 Å². The van der Waals surface area contributed by atoms with E-state index in [1.807, 2.05) is 49.1 Å². The predicted molar refractivity (Wildman–Crippen MR) is 79.5 cm³/mol. The van der Waals surface area contributed by atoms with Crippen LogP contribution in [-0.2, 0) is 4.79 Å². The van der Waals surface area contributed by atoms with Crippen molar-refractivity contribution in [2.45, 2.75) is 51.3 Å². The van der Waals surface area contributed by atoms with Gasteiger partial charge in [-0.15, -0.1) is 0 Å². The molecule has 0 aromatic heterocycles. The third kappa shape index (κ3) is 3.51. The van der Waals surface area contributed by atoms with Gasteiger partial charge >= 0.3 is 0 Å². The summed E-state index contributed by atoms with van der Waals surface area (Å²) < 4.78 is 5.73. The Morgan fingerprint density at radius 3 is 2.65 bits per heavy atom. The van der Waals surface area contributed by atoms with E-state index in [1.165, 1.54) is 0 Å². The molecule has 110 valence electrons. The highest BCUT2D eigenvalue weighted by Gasteiger charge is 2.32. The standard InChI is InChI=1S/C16H24N2O2/c1-12(17)15-10-6-7-11-18(15)16(19)13(2)20-14-8-4-3-5-9-14/h3-5,8-9,12-13,15H,6-7,10-11,17H2,1-2H3. The minimum atomic E-state index is -0.475. The summed E-state index contributed by atoms with van der Waals surface area (Å²) in [7, 11) is 0. The first-order valence-electron chi connectivity index (χ1n) is 7.37. The first-order chi connectivity index (χ1) is 9.59. The van der Waals surface area contributed by atoms with Crippen LogP contribution in [-0.4, -0.2) is 35.5 Å². The molecule has 3 atom stereocenters. The normalized spacial score (nSPS) is 22.1. The van der Waals surface area contributed by atoms with E-state index >= 15 is 0 Å². The quantitative estimate of drug-likeness (QED) is 0.917. The van der Waals surface area contributed by atoms with Crippen molar-refractivity contribution in [2.24, 2.45) is 5.73 Å². The lowest BCUT2D eigenvalue weighted by molar-refractivity contribution is -0.142. The molecule has 2 rings (SSSR count). The molecule has 1 aromatic carbocycles. The molecule has 4 nitrogen and oxygen atoms in total. The van der Waals surface area contributed by atoms with Crippen molar-refractivity contribution in [3.8, 4) is 5.75 Å². The summed E-state index contributed by atoms with van der Waals surface area (Å²) in [6, 6.07) is 9.60. The molecule has 4 heteroatoms. The van der Waals surface area contributed by atoms with E-state index in [-0.39, 0.29) is 18.0 Å². The maximum Gasteiger partial charge on any atom is 0.263 e. The number of nitrogens with two attached hydrogens (primary N) is 1. The summed E-state index contributed by atoms with van der Waals surface area (Å²) in [5.41, 5.74) is 6.01. The molecule has 1 amide bonds. The summed E-state index contributed by atoms with van der Waals surface area (Å²) in [5.74, 6) is 0.763. The number of carbonyl (C=O) groups is 1. The number of hydrogen-bond acceptors (Lipinski definition) is 3. The minimum absolute atomic E-state index is 0.00294. The number of likely N-dealkylation sites (tertiary alicyclic amines) is 1. The first kappa shape index (κ1) is 14.9. The zero-order chi connectivity index (χ0) is 14.5. The van der Waals surface area contributed by atoms with E-state index < -0.39 is 6.10 Å². The van der Waals surface area contributed by atoms with E-state index in [2.05, 4.69) is 0 Å². The Labute approximate surface area is 120 Å². The highest BCUT2D eigenvalue weighted by Crippen LogP contribution is 2.21. The highest BCUT2D eigenvalue weighted by atomic mass is 16.5. The topological polar surface area (TPSA) is 55.6 Å². The van der Waals surface area contributed by atoms with E-state index in [0.717, 1.165) is 31.6 Å². The van der Waals surface area contributed by atoms with Gasteiger partial charge in [0.05, 0.1) is 0 Å². The van der Waals surface area contributed by atoms with E-state index in [4.69, 9.17) is 10.5 Å². The maximum atomic E-state index is 12.6. The minimum Gasteiger partial charge on any atom is -0.481 e. The Morgan fingerprint density at radius 2 is 2.00 bits per heavy atom. The van der Waals surface area contributed by atoms with Gasteiger partial charge in [0.1, 0.15) is 5.75 Å². The average Bonchev–Trinajstić information content (AvgIpc) is 2.47. The Hall–Kier alpha value is -1.55. The number of rotatable bonds is 4. The lowest BCUT2D eigenvalue weighted by atomic mass is 9.96. The molecule has 0 radical (unpaired) electrons. The SMILES string of the molecule is CC(Oc1ccccc1)C(=O)N1CCCCC1C(C)N. The van der Waals surface area contributed by atoms with E-state index in [0.29, 0.717) is 0 Å². The van der Waals surface area contributed by atoms with Crippen LogP contribution in [0, 0.1) is 0 Å². The average molecular weight is 276 g/mol. The number of hydrogen-bond donors (Lipinski definition) is 1. The lowest BCUT2D eigenvalue weighted by Gasteiger charge is -2.39. The number of ether oxygens (including phenoxy) is 1. The van der Waals surface area contributed by atoms with Crippen LogP contribution >= 0.6 is 0 Å². The molecule has 0 spiro atoms. The second kappa shape index (κ2) is 6.75. The van der Waals surface area contributed by atoms with Gasteiger partial charge in [0.2, 0.25) is 0 Å². The molecule has 1 aromatic rings. The molecule has 1 aliphatic heterocycles. The van der Waals surface area contributed by atoms with Crippen LogP contribution in [0.2, 0.25) is 0 Å². The molecule has 1 saturated heterocycles. The van der Waals surface area contributed by atoms with Crippen LogP contribution in [0.15, 0.2) is 30.3 Å². The molecular formula is C16H24N2O2. The van der Waals surface area contributed by atoms with Crippen molar-refractivity contribution < 1.29 is 9.53 Å². The summed E-state index contributed by atoms with van der Waals surface area (Å²) in [5, 5.41) is 0. The van der Waals surface area contributed by atoms with E-state index in [1.54, 1.807) is 0 Å². The molecule has 1 fully saturated rings. The Kier molecular flexibility index (Phi) is 5.01. The lowest BCUT2D eigenvalue weighted by Crippen LogP contribution is -2.54. The maximum absolute atomic E-state index is 12.6. The molecular weight excluding hydrogens is 252 g/mol. The fourth-order valence-corrected chi connectivity index (χ4v) is 2.76. The fourth-order valence-electron chi connectivity index (χ4n) is 2.76. The van der Waals surface area contributed by atoms with Gasteiger partial charge < -0.3 is 15.4 Å². The second-order valence-electron chi connectivity index (χ2n) is 5.53. The second-order valence-corrected chi connectivity index (χ2v) is 5.53. The van der Waals surface area contributed by atoms with Gasteiger partial charge in [-0.1, -0.05) is 18.2 Å². The van der Waals surface area contributed by atoms with Crippen LogP contribution in [0.3, 0.4) is 0 Å². The fraction of sp³-hybridized carbons (Fsp3) is 0.562. The molecule has 0 bridgehead atoms. The molecule has 20 heavy (non-hydrogen) atoms. The van der Waals surface area contributed by atoms with Gasteiger partial charge in [0, 0.05) is 18.6 Å². The Morgan fingerprint density at radius 1 is 1.30 bits per heavy atom.